The highest BCUT2D eigenvalue weighted by Gasteiger charge is 2.40. The predicted molar refractivity (Wildman–Crippen MR) is 130 cm³/mol. The van der Waals surface area contributed by atoms with E-state index in [1.807, 2.05) is 6.07 Å². The first kappa shape index (κ1) is 23.4. The van der Waals surface area contributed by atoms with E-state index in [-0.39, 0.29) is 11.9 Å². The Morgan fingerprint density at radius 1 is 1.29 bits per heavy atom. The molecule has 1 saturated carbocycles. The van der Waals surface area contributed by atoms with Crippen LogP contribution < -0.4 is 20.7 Å². The van der Waals surface area contributed by atoms with Gasteiger partial charge in [0.2, 0.25) is 11.8 Å². The molecule has 0 aromatic carbocycles. The Morgan fingerprint density at radius 3 is 2.91 bits per heavy atom. The van der Waals surface area contributed by atoms with Crippen LogP contribution in [0.3, 0.4) is 0 Å². The van der Waals surface area contributed by atoms with Gasteiger partial charge in [-0.1, -0.05) is 11.8 Å². The van der Waals surface area contributed by atoms with Crippen molar-refractivity contribution in [1.29, 1.82) is 0 Å². The highest BCUT2D eigenvalue weighted by Crippen LogP contribution is 2.32. The lowest BCUT2D eigenvalue weighted by molar-refractivity contribution is -0.137. The minimum Gasteiger partial charge on any atom is -0.481 e. The van der Waals surface area contributed by atoms with Crippen molar-refractivity contribution in [2.75, 3.05) is 23.5 Å². The van der Waals surface area contributed by atoms with Gasteiger partial charge in [-0.25, -0.2) is 4.98 Å². The third-order valence-corrected chi connectivity index (χ3v) is 7.23. The van der Waals surface area contributed by atoms with E-state index in [0.717, 1.165) is 10.7 Å². The Balaban J connectivity index is 1.18. The maximum atomic E-state index is 13.0. The summed E-state index contributed by atoms with van der Waals surface area (Å²) in [6, 6.07) is 7.07. The fourth-order valence-corrected chi connectivity index (χ4v) is 4.96. The van der Waals surface area contributed by atoms with Crippen molar-refractivity contribution in [3.63, 3.8) is 0 Å². The number of carbonyl (C=O) groups excluding carboxylic acids is 2. The Labute approximate surface area is 205 Å². The molecule has 0 bridgehead atoms. The van der Waals surface area contributed by atoms with Gasteiger partial charge in [0.1, 0.15) is 16.1 Å². The molecule has 3 aromatic rings. The zero-order valence-corrected chi connectivity index (χ0v) is 19.9. The summed E-state index contributed by atoms with van der Waals surface area (Å²) in [7, 11) is 1.52. The van der Waals surface area contributed by atoms with Crippen LogP contribution in [-0.4, -0.2) is 61.6 Å². The lowest BCUT2D eigenvalue weighted by Gasteiger charge is -2.35. The molecular formula is C23H25N7O4S. The normalized spacial score (nSPS) is 21.8. The van der Waals surface area contributed by atoms with E-state index in [4.69, 9.17) is 4.74 Å². The molecular weight excluding hydrogens is 470 g/mol. The van der Waals surface area contributed by atoms with Gasteiger partial charge in [0.05, 0.1) is 35.4 Å². The number of rotatable bonds is 6. The number of thioether (sulfide) groups is 1. The summed E-state index contributed by atoms with van der Waals surface area (Å²) < 4.78 is 5.18. The van der Waals surface area contributed by atoms with Crippen molar-refractivity contribution >= 4 is 46.0 Å². The zero-order chi connectivity index (χ0) is 24.4. The third-order valence-electron chi connectivity index (χ3n) is 6.25. The molecule has 0 spiro atoms. The summed E-state index contributed by atoms with van der Waals surface area (Å²) in [5, 5.41) is 29.3. The van der Waals surface area contributed by atoms with Crippen molar-refractivity contribution < 1.29 is 19.4 Å². The van der Waals surface area contributed by atoms with Crippen LogP contribution in [0.1, 0.15) is 31.4 Å². The van der Waals surface area contributed by atoms with Crippen LogP contribution in [0.2, 0.25) is 0 Å². The second kappa shape index (κ2) is 9.72. The van der Waals surface area contributed by atoms with Crippen LogP contribution in [0.5, 0.6) is 5.88 Å². The molecule has 35 heavy (non-hydrogen) atoms. The zero-order valence-electron chi connectivity index (χ0n) is 19.1. The van der Waals surface area contributed by atoms with Crippen molar-refractivity contribution in [3.05, 3.63) is 36.2 Å². The molecule has 0 radical (unpaired) electrons. The fraction of sp³-hybridized carbons (Fsp3) is 0.391. The summed E-state index contributed by atoms with van der Waals surface area (Å²) >= 11 is 1.37. The first-order valence-electron chi connectivity index (χ1n) is 11.3. The summed E-state index contributed by atoms with van der Waals surface area (Å²) in [4.78, 5) is 33.3. The number of ether oxygens (including phenoxy) is 1. The van der Waals surface area contributed by atoms with E-state index < -0.39 is 11.5 Å². The van der Waals surface area contributed by atoms with Gasteiger partial charge >= 0.3 is 0 Å². The number of hydrogen-bond acceptors (Lipinski definition) is 10. The molecule has 5 rings (SSSR count). The predicted octanol–water partition coefficient (Wildman–Crippen LogP) is 1.87. The van der Waals surface area contributed by atoms with E-state index >= 15 is 0 Å². The van der Waals surface area contributed by atoms with Gasteiger partial charge in [0, 0.05) is 24.8 Å². The van der Waals surface area contributed by atoms with Gasteiger partial charge in [0.25, 0.3) is 5.91 Å². The second-order valence-corrected chi connectivity index (χ2v) is 9.58. The monoisotopic (exact) mass is 495 g/mol. The molecule has 0 atom stereocenters. The molecule has 11 nitrogen and oxygen atoms in total. The van der Waals surface area contributed by atoms with Crippen molar-refractivity contribution in [2.24, 2.45) is 0 Å². The molecule has 1 aliphatic carbocycles. The molecule has 2 amide bonds. The molecule has 12 heteroatoms. The lowest BCUT2D eigenvalue weighted by Crippen LogP contribution is -2.48. The molecule has 1 aliphatic heterocycles. The van der Waals surface area contributed by atoms with E-state index in [1.54, 1.807) is 24.4 Å². The number of aromatic nitrogens is 4. The standard InChI is InChI=1S/C23H25N7O4S/c1-34-19-3-2-15-20(28-19)16(6-9-24-15)27-22(32)23(33)7-4-13(5-8-23)25-11-14-10-17-21(30-29-14)35-12-18(31)26-17/h2-3,6,9-10,13,25,33H,4-5,7-8,11-12H2,1H3,(H,26,31)(H,24,27,32). The van der Waals surface area contributed by atoms with Crippen LogP contribution in [0.25, 0.3) is 11.0 Å². The van der Waals surface area contributed by atoms with Gasteiger partial charge in [-0.15, -0.1) is 5.10 Å². The summed E-state index contributed by atoms with van der Waals surface area (Å²) in [5.74, 6) is 0.256. The van der Waals surface area contributed by atoms with Crippen molar-refractivity contribution in [1.82, 2.24) is 25.5 Å². The number of nitrogens with one attached hydrogen (secondary N) is 3. The summed E-state index contributed by atoms with van der Waals surface area (Å²) in [6.45, 7) is 0.479. The van der Waals surface area contributed by atoms with Crippen LogP contribution in [0, 0.1) is 0 Å². The Hall–Kier alpha value is -3.35. The maximum absolute atomic E-state index is 13.0. The van der Waals surface area contributed by atoms with E-state index in [9.17, 15) is 14.7 Å². The number of fused-ring (bicyclic) bond motifs is 2. The number of amides is 2. The SMILES string of the molecule is COc1ccc2nccc(NC(=O)C3(O)CCC(NCc4cc5c(nn4)SCC(=O)N5)CC3)c2n1. The minimum absolute atomic E-state index is 0.0473. The molecule has 182 valence electrons. The average molecular weight is 496 g/mol. The molecule has 0 unspecified atom stereocenters. The molecule has 4 N–H and O–H groups in total. The molecule has 0 saturated heterocycles. The van der Waals surface area contributed by atoms with Gasteiger partial charge in [0.15, 0.2) is 0 Å². The van der Waals surface area contributed by atoms with E-state index in [0.29, 0.717) is 66.3 Å². The van der Waals surface area contributed by atoms with Crippen LogP contribution >= 0.6 is 11.8 Å². The number of hydrogen-bond donors (Lipinski definition) is 4. The Morgan fingerprint density at radius 2 is 2.11 bits per heavy atom. The highest BCUT2D eigenvalue weighted by atomic mass is 32.2. The Kier molecular flexibility index (Phi) is 6.50. The average Bonchev–Trinajstić information content (AvgIpc) is 2.88. The lowest BCUT2D eigenvalue weighted by atomic mass is 9.81. The number of anilines is 2. The number of carbonyl (C=O) groups is 2. The van der Waals surface area contributed by atoms with E-state index in [2.05, 4.69) is 36.1 Å². The molecule has 2 aliphatic rings. The largest absolute Gasteiger partial charge is 0.481 e. The van der Waals surface area contributed by atoms with Crippen LogP contribution in [-0.2, 0) is 16.1 Å². The molecule has 1 fully saturated rings. The first-order valence-corrected chi connectivity index (χ1v) is 12.3. The van der Waals surface area contributed by atoms with Gasteiger partial charge in [-0.3, -0.25) is 14.6 Å². The van der Waals surface area contributed by atoms with Gasteiger partial charge in [-0.2, -0.15) is 5.10 Å². The Bertz CT molecular complexity index is 1280. The summed E-state index contributed by atoms with van der Waals surface area (Å²) in [6.07, 6.45) is 3.47. The van der Waals surface area contributed by atoms with Crippen LogP contribution in [0.4, 0.5) is 11.4 Å². The number of nitrogens with zero attached hydrogens (tertiary/aromatic N) is 4. The quantitative estimate of drug-likeness (QED) is 0.399. The first-order chi connectivity index (χ1) is 16.9. The number of aliphatic hydroxyl groups is 1. The summed E-state index contributed by atoms with van der Waals surface area (Å²) in [5.41, 5.74) is 1.52. The van der Waals surface area contributed by atoms with Crippen LogP contribution in [0.15, 0.2) is 35.5 Å². The molecule has 3 aromatic heterocycles. The third kappa shape index (κ3) is 5.04. The second-order valence-electron chi connectivity index (χ2n) is 8.61. The van der Waals surface area contributed by atoms with E-state index in [1.165, 1.54) is 18.9 Å². The van der Waals surface area contributed by atoms with Gasteiger partial charge < -0.3 is 25.8 Å². The van der Waals surface area contributed by atoms with Crippen molar-refractivity contribution in [3.8, 4) is 5.88 Å². The fourth-order valence-electron chi connectivity index (χ4n) is 4.26. The topological polar surface area (TPSA) is 151 Å². The minimum atomic E-state index is -1.47. The number of pyridine rings is 2. The molecule has 4 heterocycles. The van der Waals surface area contributed by atoms with Crippen molar-refractivity contribution in [2.45, 2.75) is 48.9 Å². The smallest absolute Gasteiger partial charge is 0.256 e. The number of methoxy groups -OCH3 is 1. The van der Waals surface area contributed by atoms with Gasteiger partial charge in [-0.05, 0) is 43.9 Å². The highest BCUT2D eigenvalue weighted by molar-refractivity contribution is 8.00. The maximum Gasteiger partial charge on any atom is 0.256 e.